The maximum absolute atomic E-state index is 12.5. The fourth-order valence-electron chi connectivity index (χ4n) is 3.55. The summed E-state index contributed by atoms with van der Waals surface area (Å²) in [6, 6.07) is 9.80. The molecule has 5 rings (SSSR count). The predicted molar refractivity (Wildman–Crippen MR) is 104 cm³/mol. The highest BCUT2D eigenvalue weighted by Crippen LogP contribution is 2.38. The number of nitrogens with zero attached hydrogens (tertiary/aromatic N) is 4. The first-order valence-corrected chi connectivity index (χ1v) is 9.71. The topological polar surface area (TPSA) is 67.8 Å². The summed E-state index contributed by atoms with van der Waals surface area (Å²) in [5, 5.41) is 8.73. The molecule has 3 aliphatic rings. The van der Waals surface area contributed by atoms with E-state index in [-0.39, 0.29) is 12.7 Å². The van der Waals surface area contributed by atoms with Gasteiger partial charge < -0.3 is 19.3 Å². The minimum absolute atomic E-state index is 0.0208. The number of ether oxygens (including phenoxy) is 2. The number of aromatic nitrogens is 2. The van der Waals surface area contributed by atoms with Crippen molar-refractivity contribution in [2.45, 2.75) is 18.8 Å². The lowest BCUT2D eigenvalue weighted by Crippen LogP contribution is -2.48. The van der Waals surface area contributed by atoms with Gasteiger partial charge in [-0.3, -0.25) is 4.79 Å². The summed E-state index contributed by atoms with van der Waals surface area (Å²) in [5.41, 5.74) is 2.02. The third-order valence-corrected chi connectivity index (χ3v) is 5.40. The highest BCUT2D eigenvalue weighted by molar-refractivity contribution is 5.92. The summed E-state index contributed by atoms with van der Waals surface area (Å²) in [5.74, 6) is 3.00. The fourth-order valence-corrected chi connectivity index (χ4v) is 3.55. The Balaban J connectivity index is 1.16. The summed E-state index contributed by atoms with van der Waals surface area (Å²) in [6.07, 6.45) is 5.90. The Hall–Kier alpha value is -3.09. The number of piperazine rings is 1. The van der Waals surface area contributed by atoms with Gasteiger partial charge >= 0.3 is 0 Å². The zero-order valence-corrected chi connectivity index (χ0v) is 15.6. The van der Waals surface area contributed by atoms with Crippen LogP contribution >= 0.6 is 0 Å². The molecule has 1 aromatic carbocycles. The zero-order valence-electron chi connectivity index (χ0n) is 15.6. The molecule has 2 fully saturated rings. The van der Waals surface area contributed by atoms with Gasteiger partial charge in [-0.25, -0.2) is 0 Å². The highest BCUT2D eigenvalue weighted by atomic mass is 16.7. The van der Waals surface area contributed by atoms with Gasteiger partial charge in [-0.15, -0.1) is 5.10 Å². The molecule has 3 heterocycles. The van der Waals surface area contributed by atoms with Crippen LogP contribution in [0.3, 0.4) is 0 Å². The highest BCUT2D eigenvalue weighted by Gasteiger charge is 2.26. The van der Waals surface area contributed by atoms with Crippen LogP contribution in [-0.2, 0) is 4.79 Å². The lowest BCUT2D eigenvalue weighted by Gasteiger charge is -2.34. The number of carbonyl (C=O) groups is 1. The van der Waals surface area contributed by atoms with Gasteiger partial charge in [0.15, 0.2) is 17.3 Å². The predicted octanol–water partition coefficient (Wildman–Crippen LogP) is 2.44. The molecule has 28 heavy (non-hydrogen) atoms. The van der Waals surface area contributed by atoms with Gasteiger partial charge in [0, 0.05) is 38.2 Å². The van der Waals surface area contributed by atoms with E-state index in [1.807, 2.05) is 29.2 Å². The maximum atomic E-state index is 12.5. The molecule has 1 aromatic heterocycles. The van der Waals surface area contributed by atoms with Crippen LogP contribution in [0.1, 0.15) is 30.0 Å². The first-order valence-electron chi connectivity index (χ1n) is 9.71. The van der Waals surface area contributed by atoms with Crippen LogP contribution in [0.15, 0.2) is 36.4 Å². The van der Waals surface area contributed by atoms with Gasteiger partial charge in [0.05, 0.1) is 5.69 Å². The van der Waals surface area contributed by atoms with E-state index < -0.39 is 0 Å². The molecule has 1 saturated carbocycles. The molecule has 0 N–H and O–H groups in total. The summed E-state index contributed by atoms with van der Waals surface area (Å²) < 4.78 is 10.7. The standard InChI is InChI=1S/C21H22N4O3/c26-21(8-2-15-1-6-18-19(13-15)28-14-27-18)25-11-9-24(10-12-25)20-7-5-17(22-23-20)16-3-4-16/h1-2,5-8,13,16H,3-4,9-12,14H2/b8-2+. The summed E-state index contributed by atoms with van der Waals surface area (Å²) in [6.45, 7) is 3.13. The molecular weight excluding hydrogens is 356 g/mol. The summed E-state index contributed by atoms with van der Waals surface area (Å²) in [7, 11) is 0. The third kappa shape index (κ3) is 3.52. The minimum atomic E-state index is 0.0208. The molecule has 2 aromatic rings. The first-order chi connectivity index (χ1) is 13.8. The fraction of sp³-hybridized carbons (Fsp3) is 0.381. The molecule has 7 nitrogen and oxygen atoms in total. The number of carbonyl (C=O) groups excluding carboxylic acids is 1. The van der Waals surface area contributed by atoms with E-state index in [4.69, 9.17) is 9.47 Å². The van der Waals surface area contributed by atoms with Crippen molar-refractivity contribution < 1.29 is 14.3 Å². The van der Waals surface area contributed by atoms with E-state index in [9.17, 15) is 4.79 Å². The molecule has 0 bridgehead atoms. The second kappa shape index (κ2) is 7.14. The molecule has 7 heteroatoms. The molecule has 0 unspecified atom stereocenters. The summed E-state index contributed by atoms with van der Waals surface area (Å²) in [4.78, 5) is 16.6. The second-order valence-corrected chi connectivity index (χ2v) is 7.35. The van der Waals surface area contributed by atoms with Crippen molar-refractivity contribution in [2.24, 2.45) is 0 Å². The molecular formula is C21H22N4O3. The van der Waals surface area contributed by atoms with Gasteiger partial charge in [0.2, 0.25) is 12.7 Å². The first kappa shape index (κ1) is 17.0. The van der Waals surface area contributed by atoms with E-state index in [0.717, 1.165) is 41.7 Å². The van der Waals surface area contributed by atoms with E-state index in [2.05, 4.69) is 27.2 Å². The normalized spacial score (nSPS) is 18.7. The van der Waals surface area contributed by atoms with Crippen LogP contribution in [0.25, 0.3) is 6.08 Å². The molecule has 1 aliphatic carbocycles. The minimum Gasteiger partial charge on any atom is -0.454 e. The van der Waals surface area contributed by atoms with E-state index in [1.54, 1.807) is 6.08 Å². The monoisotopic (exact) mass is 378 g/mol. The van der Waals surface area contributed by atoms with Crippen molar-refractivity contribution in [1.29, 1.82) is 0 Å². The van der Waals surface area contributed by atoms with Crippen LogP contribution in [-0.4, -0.2) is 54.0 Å². The average Bonchev–Trinajstić information content (AvgIpc) is 3.49. The van der Waals surface area contributed by atoms with Crippen molar-refractivity contribution in [2.75, 3.05) is 37.9 Å². The Kier molecular flexibility index (Phi) is 4.35. The van der Waals surface area contributed by atoms with Gasteiger partial charge in [0.25, 0.3) is 0 Å². The quantitative estimate of drug-likeness (QED) is 0.762. The lowest BCUT2D eigenvalue weighted by atomic mass is 10.2. The second-order valence-electron chi connectivity index (χ2n) is 7.35. The van der Waals surface area contributed by atoms with E-state index in [1.165, 1.54) is 12.8 Å². The van der Waals surface area contributed by atoms with E-state index >= 15 is 0 Å². The average molecular weight is 378 g/mol. The number of rotatable bonds is 4. The molecule has 144 valence electrons. The SMILES string of the molecule is O=C(/C=C/c1ccc2c(c1)OCO2)N1CCN(c2ccc(C3CC3)nn2)CC1. The third-order valence-electron chi connectivity index (χ3n) is 5.40. The van der Waals surface area contributed by atoms with Crippen molar-refractivity contribution >= 4 is 17.8 Å². The maximum Gasteiger partial charge on any atom is 0.246 e. The van der Waals surface area contributed by atoms with Crippen LogP contribution in [0.5, 0.6) is 11.5 Å². The Bertz CT molecular complexity index is 900. The number of fused-ring (bicyclic) bond motifs is 1. The molecule has 1 amide bonds. The molecule has 1 saturated heterocycles. The van der Waals surface area contributed by atoms with Gasteiger partial charge in [-0.05, 0) is 48.7 Å². The molecule has 2 aliphatic heterocycles. The van der Waals surface area contributed by atoms with Crippen LogP contribution in [0, 0.1) is 0 Å². The Morgan fingerprint density at radius 2 is 1.82 bits per heavy atom. The van der Waals surface area contributed by atoms with Crippen molar-refractivity contribution in [3.05, 3.63) is 47.7 Å². The van der Waals surface area contributed by atoms with Gasteiger partial charge in [-0.1, -0.05) is 6.07 Å². The largest absolute Gasteiger partial charge is 0.454 e. The number of amides is 1. The van der Waals surface area contributed by atoms with Crippen molar-refractivity contribution in [3.8, 4) is 11.5 Å². The number of anilines is 1. The van der Waals surface area contributed by atoms with Crippen LogP contribution in [0.4, 0.5) is 5.82 Å². The number of hydrogen-bond acceptors (Lipinski definition) is 6. The Morgan fingerprint density at radius 3 is 2.57 bits per heavy atom. The number of hydrogen-bond donors (Lipinski definition) is 0. The van der Waals surface area contributed by atoms with E-state index in [0.29, 0.717) is 19.0 Å². The molecule has 0 radical (unpaired) electrons. The smallest absolute Gasteiger partial charge is 0.246 e. The number of benzene rings is 1. The van der Waals surface area contributed by atoms with Crippen LogP contribution < -0.4 is 14.4 Å². The van der Waals surface area contributed by atoms with Gasteiger partial charge in [0.1, 0.15) is 0 Å². The lowest BCUT2D eigenvalue weighted by molar-refractivity contribution is -0.126. The summed E-state index contributed by atoms with van der Waals surface area (Å²) >= 11 is 0. The van der Waals surface area contributed by atoms with Crippen LogP contribution in [0.2, 0.25) is 0 Å². The van der Waals surface area contributed by atoms with Gasteiger partial charge in [-0.2, -0.15) is 5.10 Å². The Morgan fingerprint density at radius 1 is 1.00 bits per heavy atom. The van der Waals surface area contributed by atoms with Crippen molar-refractivity contribution in [3.63, 3.8) is 0 Å². The molecule has 0 spiro atoms. The zero-order chi connectivity index (χ0) is 18.9. The Labute approximate surface area is 163 Å². The molecule has 0 atom stereocenters. The van der Waals surface area contributed by atoms with Crippen molar-refractivity contribution in [1.82, 2.24) is 15.1 Å².